The fourth-order valence-electron chi connectivity index (χ4n) is 2.13. The van der Waals surface area contributed by atoms with Gasteiger partial charge in [0.1, 0.15) is 0 Å². The Morgan fingerprint density at radius 1 is 1.45 bits per heavy atom. The minimum atomic E-state index is -0.329. The Morgan fingerprint density at radius 2 is 2.25 bits per heavy atom. The predicted molar refractivity (Wildman–Crippen MR) is 76.5 cm³/mol. The number of nitrogens with zero attached hydrogens (tertiary/aromatic N) is 3. The quantitative estimate of drug-likeness (QED) is 0.619. The van der Waals surface area contributed by atoms with E-state index in [1.54, 1.807) is 30.7 Å². The molecule has 1 unspecified atom stereocenters. The second-order valence-corrected chi connectivity index (χ2v) is 4.75. The fourth-order valence-corrected chi connectivity index (χ4v) is 2.13. The third-order valence-electron chi connectivity index (χ3n) is 3.12. The zero-order valence-corrected chi connectivity index (χ0v) is 11.4. The largest absolute Gasteiger partial charge is 0.336 e. The Hall–Kier alpha value is -2.21. The van der Waals surface area contributed by atoms with Gasteiger partial charge < -0.3 is 9.88 Å². The topological polar surface area (TPSA) is 73.0 Å². The maximum atomic E-state index is 10.9. The van der Waals surface area contributed by atoms with Gasteiger partial charge in [0, 0.05) is 36.6 Å². The van der Waals surface area contributed by atoms with Gasteiger partial charge in [-0.1, -0.05) is 18.2 Å². The second kappa shape index (κ2) is 6.81. The van der Waals surface area contributed by atoms with Crippen LogP contribution in [0.25, 0.3) is 0 Å². The van der Waals surface area contributed by atoms with Gasteiger partial charge in [-0.25, -0.2) is 4.98 Å². The van der Waals surface area contributed by atoms with Crippen molar-refractivity contribution in [2.45, 2.75) is 25.9 Å². The molecule has 106 valence electrons. The number of aromatic nitrogens is 2. The molecule has 0 saturated carbocycles. The molecule has 0 spiro atoms. The number of nitro groups is 1. The molecule has 0 fully saturated rings. The van der Waals surface area contributed by atoms with Gasteiger partial charge in [0.2, 0.25) is 0 Å². The molecule has 0 aliphatic heterocycles. The van der Waals surface area contributed by atoms with Crippen LogP contribution in [0.4, 0.5) is 5.69 Å². The third-order valence-corrected chi connectivity index (χ3v) is 3.12. The highest BCUT2D eigenvalue weighted by Gasteiger charge is 2.12. The van der Waals surface area contributed by atoms with E-state index in [1.807, 2.05) is 16.8 Å². The minimum absolute atomic E-state index is 0.191. The maximum Gasteiger partial charge on any atom is 0.272 e. The van der Waals surface area contributed by atoms with E-state index in [0.717, 1.165) is 12.1 Å². The highest BCUT2D eigenvalue weighted by Crippen LogP contribution is 2.17. The first-order valence-corrected chi connectivity index (χ1v) is 6.58. The van der Waals surface area contributed by atoms with Crippen molar-refractivity contribution in [3.63, 3.8) is 0 Å². The molecule has 1 N–H and O–H groups in total. The number of para-hydroxylation sites is 1. The van der Waals surface area contributed by atoms with Crippen LogP contribution in [-0.2, 0) is 13.0 Å². The Labute approximate surface area is 117 Å². The molecule has 1 heterocycles. The van der Waals surface area contributed by atoms with Gasteiger partial charge in [-0.15, -0.1) is 0 Å². The summed E-state index contributed by atoms with van der Waals surface area (Å²) in [5.74, 6) is 0. The Balaban J connectivity index is 1.82. The molecule has 0 amide bonds. The monoisotopic (exact) mass is 274 g/mol. The average molecular weight is 274 g/mol. The van der Waals surface area contributed by atoms with Gasteiger partial charge in [0.15, 0.2) is 0 Å². The summed E-state index contributed by atoms with van der Waals surface area (Å²) in [6, 6.07) is 7.16. The molecule has 0 radical (unpaired) electrons. The summed E-state index contributed by atoms with van der Waals surface area (Å²) in [7, 11) is 0. The summed E-state index contributed by atoms with van der Waals surface area (Å²) >= 11 is 0. The van der Waals surface area contributed by atoms with Crippen LogP contribution in [0.2, 0.25) is 0 Å². The second-order valence-electron chi connectivity index (χ2n) is 4.75. The van der Waals surface area contributed by atoms with Crippen molar-refractivity contribution >= 4 is 5.69 Å². The van der Waals surface area contributed by atoms with Gasteiger partial charge in [-0.2, -0.15) is 0 Å². The van der Waals surface area contributed by atoms with Crippen molar-refractivity contribution in [3.8, 4) is 0 Å². The molecule has 2 aromatic rings. The lowest BCUT2D eigenvalue weighted by molar-refractivity contribution is -0.385. The summed E-state index contributed by atoms with van der Waals surface area (Å²) in [5, 5.41) is 14.3. The molecule has 0 aliphatic carbocycles. The lowest BCUT2D eigenvalue weighted by atomic mass is 10.1. The van der Waals surface area contributed by atoms with Crippen molar-refractivity contribution in [2.75, 3.05) is 6.54 Å². The lowest BCUT2D eigenvalue weighted by Crippen LogP contribution is -2.31. The summed E-state index contributed by atoms with van der Waals surface area (Å²) in [6.07, 6.45) is 6.09. The molecule has 0 bridgehead atoms. The number of nitrogens with one attached hydrogen (secondary N) is 1. The van der Waals surface area contributed by atoms with Crippen LogP contribution in [0.1, 0.15) is 12.5 Å². The van der Waals surface area contributed by atoms with Gasteiger partial charge in [0.25, 0.3) is 5.69 Å². The predicted octanol–water partition coefficient (Wildman–Crippen LogP) is 2.01. The van der Waals surface area contributed by atoms with Crippen molar-refractivity contribution in [3.05, 3.63) is 58.7 Å². The summed E-state index contributed by atoms with van der Waals surface area (Å²) < 4.78 is 2.00. The Bertz CT molecular complexity index is 554. The first kappa shape index (κ1) is 14.2. The normalized spacial score (nSPS) is 12.2. The number of hydrogen-bond donors (Lipinski definition) is 1. The van der Waals surface area contributed by atoms with E-state index in [0.29, 0.717) is 13.0 Å². The van der Waals surface area contributed by atoms with Gasteiger partial charge in [-0.05, 0) is 19.9 Å². The van der Waals surface area contributed by atoms with Gasteiger partial charge in [0.05, 0.1) is 11.3 Å². The van der Waals surface area contributed by atoms with Crippen molar-refractivity contribution in [2.24, 2.45) is 0 Å². The van der Waals surface area contributed by atoms with E-state index in [-0.39, 0.29) is 16.7 Å². The highest BCUT2D eigenvalue weighted by molar-refractivity contribution is 5.39. The van der Waals surface area contributed by atoms with E-state index in [9.17, 15) is 10.1 Å². The number of benzene rings is 1. The first-order chi connectivity index (χ1) is 9.66. The highest BCUT2D eigenvalue weighted by atomic mass is 16.6. The Morgan fingerprint density at radius 3 is 2.95 bits per heavy atom. The standard InChI is InChI=1S/C14H18N4O2/c1-12(10-17-9-8-15-11-17)16-7-6-13-4-2-3-5-14(13)18(19)20/h2-5,8-9,11-12,16H,6-7,10H2,1H3. The zero-order chi connectivity index (χ0) is 14.4. The molecule has 1 aromatic carbocycles. The van der Waals surface area contributed by atoms with E-state index in [1.165, 1.54) is 0 Å². The zero-order valence-electron chi connectivity index (χ0n) is 11.4. The minimum Gasteiger partial charge on any atom is -0.336 e. The third kappa shape index (κ3) is 3.89. The van der Waals surface area contributed by atoms with E-state index < -0.39 is 0 Å². The van der Waals surface area contributed by atoms with Gasteiger partial charge >= 0.3 is 0 Å². The SMILES string of the molecule is CC(Cn1ccnc1)NCCc1ccccc1[N+](=O)[O-]. The van der Waals surface area contributed by atoms with Crippen LogP contribution < -0.4 is 5.32 Å². The van der Waals surface area contributed by atoms with Crippen LogP contribution in [0, 0.1) is 10.1 Å². The average Bonchev–Trinajstić information content (AvgIpc) is 2.92. The number of imidazole rings is 1. The molecule has 1 atom stereocenters. The Kier molecular flexibility index (Phi) is 4.84. The summed E-state index contributed by atoms with van der Waals surface area (Å²) in [4.78, 5) is 14.6. The first-order valence-electron chi connectivity index (χ1n) is 6.58. The van der Waals surface area contributed by atoms with E-state index >= 15 is 0 Å². The lowest BCUT2D eigenvalue weighted by Gasteiger charge is -2.14. The van der Waals surface area contributed by atoms with E-state index in [4.69, 9.17) is 0 Å². The van der Waals surface area contributed by atoms with Crippen molar-refractivity contribution in [1.29, 1.82) is 0 Å². The van der Waals surface area contributed by atoms with Gasteiger partial charge in [-0.3, -0.25) is 10.1 Å². The molecule has 2 rings (SSSR count). The van der Waals surface area contributed by atoms with Crippen molar-refractivity contribution < 1.29 is 4.92 Å². The van der Waals surface area contributed by atoms with E-state index in [2.05, 4.69) is 17.2 Å². The van der Waals surface area contributed by atoms with Crippen LogP contribution >= 0.6 is 0 Å². The van der Waals surface area contributed by atoms with Crippen LogP contribution in [0.3, 0.4) is 0 Å². The molecule has 6 heteroatoms. The smallest absolute Gasteiger partial charge is 0.272 e. The van der Waals surface area contributed by atoms with Crippen LogP contribution in [0.5, 0.6) is 0 Å². The molecule has 6 nitrogen and oxygen atoms in total. The molecule has 20 heavy (non-hydrogen) atoms. The number of hydrogen-bond acceptors (Lipinski definition) is 4. The summed E-state index contributed by atoms with van der Waals surface area (Å²) in [5.41, 5.74) is 0.955. The molecular weight excluding hydrogens is 256 g/mol. The summed E-state index contributed by atoms with van der Waals surface area (Å²) in [6.45, 7) is 3.62. The van der Waals surface area contributed by atoms with Crippen molar-refractivity contribution in [1.82, 2.24) is 14.9 Å². The molecule has 1 aromatic heterocycles. The number of nitro benzene ring substituents is 1. The molecule has 0 aliphatic rings. The number of rotatable bonds is 7. The fraction of sp³-hybridized carbons (Fsp3) is 0.357. The maximum absolute atomic E-state index is 10.9. The molecular formula is C14H18N4O2. The van der Waals surface area contributed by atoms with Crippen LogP contribution in [-0.4, -0.2) is 27.1 Å². The molecule has 0 saturated heterocycles. The van der Waals surface area contributed by atoms with Crippen LogP contribution in [0.15, 0.2) is 43.0 Å².